The van der Waals surface area contributed by atoms with Gasteiger partial charge in [0, 0.05) is 11.9 Å². The molecular formula is C14H30NP. The van der Waals surface area contributed by atoms with Gasteiger partial charge in [0.25, 0.3) is 0 Å². The lowest BCUT2D eigenvalue weighted by Gasteiger charge is -2.43. The first-order valence-electron chi connectivity index (χ1n) is 6.12. The number of rotatable bonds is 2. The molecule has 0 amide bonds. The van der Waals surface area contributed by atoms with Gasteiger partial charge < -0.3 is 5.41 Å². The van der Waals surface area contributed by atoms with Crippen LogP contribution in [0.25, 0.3) is 0 Å². The topological polar surface area (TPSA) is 23.9 Å². The molecule has 2 heteroatoms. The molecule has 0 radical (unpaired) electrons. The van der Waals surface area contributed by atoms with E-state index in [0.717, 1.165) is 11.9 Å². The van der Waals surface area contributed by atoms with Crippen LogP contribution in [-0.2, 0) is 0 Å². The summed E-state index contributed by atoms with van der Waals surface area (Å²) in [5.41, 5.74) is 0.931. The van der Waals surface area contributed by atoms with Crippen molar-refractivity contribution in [2.75, 3.05) is 6.16 Å². The highest BCUT2D eigenvalue weighted by atomic mass is 31.1. The van der Waals surface area contributed by atoms with E-state index in [0.29, 0.717) is 10.3 Å². The van der Waals surface area contributed by atoms with Crippen molar-refractivity contribution in [3.05, 3.63) is 0 Å². The second kappa shape index (κ2) is 4.77. The van der Waals surface area contributed by atoms with E-state index in [1.54, 1.807) is 0 Å². The largest absolute Gasteiger partial charge is 0.309 e. The maximum Gasteiger partial charge on any atom is 0.0186 e. The van der Waals surface area contributed by atoms with E-state index in [9.17, 15) is 0 Å². The van der Waals surface area contributed by atoms with Crippen molar-refractivity contribution >= 4 is 13.6 Å². The fourth-order valence-electron chi connectivity index (χ4n) is 1.88. The van der Waals surface area contributed by atoms with Crippen LogP contribution < -0.4 is 0 Å². The van der Waals surface area contributed by atoms with Gasteiger partial charge in [0.05, 0.1) is 0 Å². The first-order valence-corrected chi connectivity index (χ1v) is 7.64. The van der Waals surface area contributed by atoms with Crippen LogP contribution >= 0.6 is 7.92 Å². The van der Waals surface area contributed by atoms with Crippen molar-refractivity contribution < 1.29 is 0 Å². The van der Waals surface area contributed by atoms with Gasteiger partial charge in [0.2, 0.25) is 0 Å². The minimum atomic E-state index is -0.171. The second-order valence-electron chi connectivity index (χ2n) is 7.66. The minimum absolute atomic E-state index is 0.0249. The monoisotopic (exact) mass is 243 g/mol. The van der Waals surface area contributed by atoms with Crippen LogP contribution in [0.15, 0.2) is 0 Å². The third kappa shape index (κ3) is 4.95. The molecule has 16 heavy (non-hydrogen) atoms. The van der Waals surface area contributed by atoms with Crippen LogP contribution in [0.2, 0.25) is 0 Å². The second-order valence-corrected chi connectivity index (χ2v) is 11.5. The predicted octanol–water partition coefficient (Wildman–Crippen LogP) is 5.13. The maximum absolute atomic E-state index is 8.25. The highest BCUT2D eigenvalue weighted by Gasteiger charge is 2.36. The summed E-state index contributed by atoms with van der Waals surface area (Å²) < 4.78 is 0. The van der Waals surface area contributed by atoms with Gasteiger partial charge in [-0.25, -0.2) is 0 Å². The Kier molecular flexibility index (Phi) is 4.79. The third-order valence-corrected chi connectivity index (χ3v) is 6.71. The summed E-state index contributed by atoms with van der Waals surface area (Å²) >= 11 is 0. The Balaban J connectivity index is 4.93. The normalized spacial score (nSPS) is 14.4. The zero-order valence-corrected chi connectivity index (χ0v) is 13.5. The molecule has 96 valence electrons. The molecule has 0 aromatic rings. The minimum Gasteiger partial charge on any atom is -0.309 e. The highest BCUT2D eigenvalue weighted by Crippen LogP contribution is 2.59. The molecule has 0 saturated carbocycles. The van der Waals surface area contributed by atoms with Gasteiger partial charge in [-0.15, -0.1) is 0 Å². The lowest BCUT2D eigenvalue weighted by atomic mass is 9.91. The molecule has 1 nitrogen and oxygen atoms in total. The highest BCUT2D eigenvalue weighted by molar-refractivity contribution is 7.61. The first kappa shape index (κ1) is 16.1. The zero-order valence-electron chi connectivity index (χ0n) is 12.7. The van der Waals surface area contributed by atoms with E-state index in [4.69, 9.17) is 5.41 Å². The summed E-state index contributed by atoms with van der Waals surface area (Å²) in [6.07, 6.45) is 0.978. The molecule has 0 atom stereocenters. The summed E-state index contributed by atoms with van der Waals surface area (Å²) in [6, 6.07) is 0. The molecule has 0 aromatic heterocycles. The molecule has 0 fully saturated rings. The Hall–Kier alpha value is 0.100. The quantitative estimate of drug-likeness (QED) is 0.513. The van der Waals surface area contributed by atoms with E-state index >= 15 is 0 Å². The summed E-state index contributed by atoms with van der Waals surface area (Å²) in [4.78, 5) is 0. The van der Waals surface area contributed by atoms with Gasteiger partial charge in [-0.05, 0) is 15.7 Å². The van der Waals surface area contributed by atoms with Crippen LogP contribution in [0.3, 0.4) is 0 Å². The number of hydrogen-bond acceptors (Lipinski definition) is 1. The number of hydrogen-bond donors (Lipinski definition) is 1. The third-order valence-electron chi connectivity index (χ3n) is 2.84. The molecule has 0 aliphatic carbocycles. The Bertz CT molecular complexity index is 233. The summed E-state index contributed by atoms with van der Waals surface area (Å²) in [5.74, 6) is 0. The SMILES string of the molecule is CC(C)(C)C(=N)CP(C(C)(C)C)C(C)(C)C. The van der Waals surface area contributed by atoms with Gasteiger partial charge in [-0.1, -0.05) is 70.2 Å². The molecule has 0 unspecified atom stereocenters. The Morgan fingerprint density at radius 3 is 1.31 bits per heavy atom. The van der Waals surface area contributed by atoms with Crippen molar-refractivity contribution in [2.24, 2.45) is 5.41 Å². The van der Waals surface area contributed by atoms with Gasteiger partial charge in [0.15, 0.2) is 0 Å². The van der Waals surface area contributed by atoms with E-state index in [1.165, 1.54) is 0 Å². The molecular weight excluding hydrogens is 213 g/mol. The predicted molar refractivity (Wildman–Crippen MR) is 78.5 cm³/mol. The molecule has 0 bridgehead atoms. The molecule has 0 rings (SSSR count). The first-order chi connectivity index (χ1) is 6.76. The average Bonchev–Trinajstić information content (AvgIpc) is 1.92. The zero-order chi connectivity index (χ0) is 13.4. The molecule has 0 aliphatic rings. The molecule has 0 aromatic carbocycles. The van der Waals surface area contributed by atoms with Crippen LogP contribution in [0.1, 0.15) is 62.3 Å². The molecule has 0 saturated heterocycles. The summed E-state index contributed by atoms with van der Waals surface area (Å²) in [6.45, 7) is 20.4. The lowest BCUT2D eigenvalue weighted by molar-refractivity contribution is 0.583. The van der Waals surface area contributed by atoms with E-state index in [2.05, 4.69) is 62.3 Å². The van der Waals surface area contributed by atoms with Crippen molar-refractivity contribution in [3.8, 4) is 0 Å². The van der Waals surface area contributed by atoms with Gasteiger partial charge in [-0.2, -0.15) is 0 Å². The molecule has 0 spiro atoms. The summed E-state index contributed by atoms with van der Waals surface area (Å²) in [5, 5.41) is 8.90. The van der Waals surface area contributed by atoms with Crippen LogP contribution in [0.4, 0.5) is 0 Å². The Morgan fingerprint density at radius 2 is 1.12 bits per heavy atom. The Labute approximate surface area is 104 Å². The van der Waals surface area contributed by atoms with Crippen LogP contribution in [-0.4, -0.2) is 22.2 Å². The molecule has 0 aliphatic heterocycles. The standard InChI is InChI=1S/C14H30NP/c1-12(2,3)11(15)10-16(13(4,5)6)14(7,8)9/h15H,10H2,1-9H3. The van der Waals surface area contributed by atoms with Crippen molar-refractivity contribution in [2.45, 2.75) is 72.6 Å². The van der Waals surface area contributed by atoms with Crippen LogP contribution in [0.5, 0.6) is 0 Å². The maximum atomic E-state index is 8.25. The van der Waals surface area contributed by atoms with Crippen molar-refractivity contribution in [1.29, 1.82) is 5.41 Å². The Morgan fingerprint density at radius 1 is 0.812 bits per heavy atom. The number of nitrogens with one attached hydrogen (secondary N) is 1. The molecule has 1 N–H and O–H groups in total. The summed E-state index contributed by atoms with van der Waals surface area (Å²) in [7, 11) is -0.171. The van der Waals surface area contributed by atoms with E-state index in [1.807, 2.05) is 0 Å². The fraction of sp³-hybridized carbons (Fsp3) is 0.929. The van der Waals surface area contributed by atoms with Gasteiger partial charge >= 0.3 is 0 Å². The van der Waals surface area contributed by atoms with Crippen LogP contribution in [0, 0.1) is 10.8 Å². The van der Waals surface area contributed by atoms with Gasteiger partial charge in [-0.3, -0.25) is 0 Å². The fourth-order valence-corrected chi connectivity index (χ4v) is 5.63. The lowest BCUT2D eigenvalue weighted by Crippen LogP contribution is -2.32. The van der Waals surface area contributed by atoms with E-state index in [-0.39, 0.29) is 13.3 Å². The smallest absolute Gasteiger partial charge is 0.0186 e. The van der Waals surface area contributed by atoms with Gasteiger partial charge in [0.1, 0.15) is 0 Å². The molecule has 0 heterocycles. The van der Waals surface area contributed by atoms with E-state index < -0.39 is 0 Å². The van der Waals surface area contributed by atoms with Crippen molar-refractivity contribution in [1.82, 2.24) is 0 Å². The van der Waals surface area contributed by atoms with Crippen molar-refractivity contribution in [3.63, 3.8) is 0 Å². The average molecular weight is 243 g/mol.